The molecule has 1 aliphatic heterocycles. The second kappa shape index (κ2) is 16.8. The number of hydrogen-bond donors (Lipinski definition) is 4. The van der Waals surface area contributed by atoms with Gasteiger partial charge in [-0.2, -0.15) is 0 Å². The molecule has 5 aromatic rings. The van der Waals surface area contributed by atoms with E-state index in [0.29, 0.717) is 33.7 Å². The van der Waals surface area contributed by atoms with Crippen LogP contribution in [0.5, 0.6) is 10.8 Å². The molecule has 0 saturated carbocycles. The van der Waals surface area contributed by atoms with Crippen LogP contribution in [0.25, 0.3) is 16.6 Å². The van der Waals surface area contributed by atoms with Crippen molar-refractivity contribution >= 4 is 45.0 Å². The Morgan fingerprint density at radius 2 is 1.80 bits per heavy atom. The van der Waals surface area contributed by atoms with Crippen LogP contribution < -0.4 is 20.7 Å². The predicted molar refractivity (Wildman–Crippen MR) is 198 cm³/mol. The summed E-state index contributed by atoms with van der Waals surface area (Å²) in [6.07, 6.45) is 8.26. The molecule has 3 heterocycles. The van der Waals surface area contributed by atoms with E-state index in [0.717, 1.165) is 68.5 Å². The third-order valence-corrected chi connectivity index (χ3v) is 9.54. The lowest BCUT2D eigenvalue weighted by Crippen LogP contribution is -2.35. The van der Waals surface area contributed by atoms with Gasteiger partial charge in [-0.1, -0.05) is 49.3 Å². The van der Waals surface area contributed by atoms with Gasteiger partial charge in [0.1, 0.15) is 5.75 Å². The number of likely N-dealkylation sites (tertiary alicyclic amines) is 1. The summed E-state index contributed by atoms with van der Waals surface area (Å²) in [4.78, 5) is 32.2. The zero-order valence-corrected chi connectivity index (χ0v) is 29.3. The average molecular weight is 697 g/mol. The minimum absolute atomic E-state index is 0.197. The molecule has 3 amide bonds. The molecular formula is C38H44N6O5S. The van der Waals surface area contributed by atoms with Crippen molar-refractivity contribution in [2.75, 3.05) is 37.4 Å². The van der Waals surface area contributed by atoms with Crippen LogP contribution in [-0.4, -0.2) is 64.3 Å². The van der Waals surface area contributed by atoms with Crippen molar-refractivity contribution in [1.29, 1.82) is 0 Å². The summed E-state index contributed by atoms with van der Waals surface area (Å²) in [5.41, 5.74) is 5.20. The SMILES string of the molecule is CCCCCNC(=O)Nc1ccc(Oc2cnc(NC(=O)c3ccc(-n4cc(CN5CCC(O)CC5)c5ccccc54)cc3)s2)c(COC)c1. The Labute approximate surface area is 296 Å². The fourth-order valence-electron chi connectivity index (χ4n) is 6.10. The van der Waals surface area contributed by atoms with Gasteiger partial charge >= 0.3 is 6.03 Å². The number of rotatable bonds is 14. The van der Waals surface area contributed by atoms with E-state index < -0.39 is 0 Å². The molecule has 0 spiro atoms. The molecule has 6 rings (SSSR count). The van der Waals surface area contributed by atoms with E-state index in [1.807, 2.05) is 36.4 Å². The number of urea groups is 1. The number of benzene rings is 3. The minimum atomic E-state index is -0.272. The van der Waals surface area contributed by atoms with Crippen LogP contribution in [0.4, 0.5) is 15.6 Å². The molecule has 0 bridgehead atoms. The van der Waals surface area contributed by atoms with Crippen LogP contribution in [0.1, 0.15) is 60.5 Å². The Hall–Kier alpha value is -4.75. The molecule has 0 radical (unpaired) electrons. The Morgan fingerprint density at radius 3 is 2.58 bits per heavy atom. The van der Waals surface area contributed by atoms with E-state index in [1.165, 1.54) is 22.3 Å². The number of nitrogens with zero attached hydrogens (tertiary/aromatic N) is 3. The standard InChI is InChI=1S/C38H44N6O5S/c1-3-4-7-18-39-37(47)41-29-12-15-34(27(21-29)25-48-2)49-35-22-40-38(50-35)42-36(46)26-10-13-30(14-11-26)44-24-28(32-8-5-6-9-33(32)44)23-43-19-16-31(45)17-20-43/h5-6,8-15,21-22,24,31,45H,3-4,7,16-20,23,25H2,1-2H3,(H2,39,41,47)(H,40,42,46). The van der Waals surface area contributed by atoms with Crippen molar-refractivity contribution in [2.24, 2.45) is 0 Å². The minimum Gasteiger partial charge on any atom is -0.445 e. The number of amides is 3. The number of para-hydroxylation sites is 1. The fraction of sp³-hybridized carbons (Fsp3) is 0.342. The third kappa shape index (κ3) is 8.88. The van der Waals surface area contributed by atoms with Gasteiger partial charge in [0, 0.05) is 67.4 Å². The molecule has 0 aliphatic carbocycles. The van der Waals surface area contributed by atoms with Crippen LogP contribution in [0.15, 0.2) is 79.1 Å². The maximum absolute atomic E-state index is 13.2. The van der Waals surface area contributed by atoms with Crippen molar-refractivity contribution in [3.63, 3.8) is 0 Å². The Bertz CT molecular complexity index is 1900. The van der Waals surface area contributed by atoms with Gasteiger partial charge in [0.05, 0.1) is 24.4 Å². The Balaban J connectivity index is 1.08. The zero-order valence-electron chi connectivity index (χ0n) is 28.5. The summed E-state index contributed by atoms with van der Waals surface area (Å²) in [6.45, 7) is 5.63. The largest absolute Gasteiger partial charge is 0.445 e. The normalized spacial score (nSPS) is 13.7. The van der Waals surface area contributed by atoms with E-state index in [4.69, 9.17) is 9.47 Å². The number of fused-ring (bicyclic) bond motifs is 1. The number of aromatic nitrogens is 2. The maximum atomic E-state index is 13.2. The van der Waals surface area contributed by atoms with Crippen molar-refractivity contribution in [3.8, 4) is 16.5 Å². The Kier molecular flexibility index (Phi) is 11.8. The molecule has 4 N–H and O–H groups in total. The van der Waals surface area contributed by atoms with E-state index >= 15 is 0 Å². The summed E-state index contributed by atoms with van der Waals surface area (Å²) in [6, 6.07) is 21.0. The molecular weight excluding hydrogens is 653 g/mol. The molecule has 262 valence electrons. The molecule has 11 nitrogen and oxygen atoms in total. The molecule has 1 aliphatic rings. The van der Waals surface area contributed by atoms with Gasteiger partial charge < -0.3 is 29.8 Å². The molecule has 3 aromatic carbocycles. The second-order valence-electron chi connectivity index (χ2n) is 12.5. The van der Waals surface area contributed by atoms with Crippen LogP contribution in [0, 0.1) is 0 Å². The molecule has 1 saturated heterocycles. The number of ether oxygens (including phenoxy) is 2. The molecule has 50 heavy (non-hydrogen) atoms. The first-order valence-electron chi connectivity index (χ1n) is 17.1. The quantitative estimate of drug-likeness (QED) is 0.0883. The number of thiazole rings is 1. The van der Waals surface area contributed by atoms with Crippen LogP contribution in [-0.2, 0) is 17.9 Å². The topological polar surface area (TPSA) is 130 Å². The van der Waals surface area contributed by atoms with Gasteiger partial charge in [0.15, 0.2) is 5.13 Å². The van der Waals surface area contributed by atoms with Gasteiger partial charge in [-0.3, -0.25) is 15.0 Å². The van der Waals surface area contributed by atoms with Crippen molar-refractivity contribution in [3.05, 3.63) is 95.8 Å². The van der Waals surface area contributed by atoms with Crippen LogP contribution in [0.2, 0.25) is 0 Å². The number of aliphatic hydroxyl groups excluding tert-OH is 1. The molecule has 2 aromatic heterocycles. The van der Waals surface area contributed by atoms with Crippen LogP contribution >= 0.6 is 11.3 Å². The van der Waals surface area contributed by atoms with Gasteiger partial charge in [0.2, 0.25) is 5.06 Å². The number of carbonyl (C=O) groups is 2. The lowest BCUT2D eigenvalue weighted by molar-refractivity contribution is 0.0794. The summed E-state index contributed by atoms with van der Waals surface area (Å²) in [7, 11) is 1.60. The molecule has 1 fully saturated rings. The third-order valence-electron chi connectivity index (χ3n) is 8.75. The van der Waals surface area contributed by atoms with E-state index in [9.17, 15) is 14.7 Å². The molecule has 0 unspecified atom stereocenters. The van der Waals surface area contributed by atoms with Crippen molar-refractivity contribution in [2.45, 2.75) is 58.3 Å². The predicted octanol–water partition coefficient (Wildman–Crippen LogP) is 7.55. The second-order valence-corrected chi connectivity index (χ2v) is 13.5. The summed E-state index contributed by atoms with van der Waals surface area (Å²) in [5, 5.41) is 20.6. The van der Waals surface area contributed by atoms with E-state index in [1.54, 1.807) is 25.4 Å². The van der Waals surface area contributed by atoms with Crippen molar-refractivity contribution in [1.82, 2.24) is 19.8 Å². The van der Waals surface area contributed by atoms with Gasteiger partial charge in [-0.05, 0) is 73.4 Å². The molecule has 12 heteroatoms. The fourth-order valence-corrected chi connectivity index (χ4v) is 6.78. The van der Waals surface area contributed by atoms with Crippen LogP contribution in [0.3, 0.4) is 0 Å². The highest BCUT2D eigenvalue weighted by atomic mass is 32.1. The number of methoxy groups -OCH3 is 1. The summed E-state index contributed by atoms with van der Waals surface area (Å²) >= 11 is 1.22. The van der Waals surface area contributed by atoms with Gasteiger partial charge in [-0.25, -0.2) is 9.78 Å². The summed E-state index contributed by atoms with van der Waals surface area (Å²) < 4.78 is 13.7. The summed E-state index contributed by atoms with van der Waals surface area (Å²) in [5.74, 6) is 0.291. The average Bonchev–Trinajstić information content (AvgIpc) is 3.73. The first-order valence-corrected chi connectivity index (χ1v) is 17.9. The zero-order chi connectivity index (χ0) is 34.9. The van der Waals surface area contributed by atoms with Gasteiger partial charge in [0.25, 0.3) is 5.91 Å². The highest BCUT2D eigenvalue weighted by molar-refractivity contribution is 7.17. The Morgan fingerprint density at radius 1 is 1.00 bits per heavy atom. The first-order chi connectivity index (χ1) is 24.4. The maximum Gasteiger partial charge on any atom is 0.319 e. The van der Waals surface area contributed by atoms with Crippen molar-refractivity contribution < 1.29 is 24.2 Å². The number of unbranched alkanes of at least 4 members (excludes halogenated alkanes) is 2. The number of anilines is 2. The lowest BCUT2D eigenvalue weighted by Gasteiger charge is -2.29. The lowest BCUT2D eigenvalue weighted by atomic mass is 10.1. The highest BCUT2D eigenvalue weighted by Crippen LogP contribution is 2.34. The number of hydrogen-bond acceptors (Lipinski definition) is 8. The first kappa shape index (κ1) is 35.1. The van der Waals surface area contributed by atoms with E-state index in [2.05, 4.69) is 61.7 Å². The van der Waals surface area contributed by atoms with Gasteiger partial charge in [-0.15, -0.1) is 0 Å². The number of nitrogens with one attached hydrogen (secondary N) is 3. The number of piperidine rings is 1. The monoisotopic (exact) mass is 696 g/mol. The van der Waals surface area contributed by atoms with E-state index in [-0.39, 0.29) is 24.6 Å². The highest BCUT2D eigenvalue weighted by Gasteiger charge is 2.20. The number of carbonyl (C=O) groups excluding carboxylic acids is 2. The number of aliphatic hydroxyl groups is 1. The molecule has 0 atom stereocenters. The smallest absolute Gasteiger partial charge is 0.319 e.